The van der Waals surface area contributed by atoms with Gasteiger partial charge in [0.2, 0.25) is 0 Å². The van der Waals surface area contributed by atoms with Gasteiger partial charge in [0.15, 0.2) is 0 Å². The molecule has 5 nitrogen and oxygen atoms in total. The largest absolute Gasteiger partial charge is 0.394 e. The smallest absolute Gasteiger partial charge is 0.0949 e. The fourth-order valence-electron chi connectivity index (χ4n) is 1.50. The Labute approximate surface area is 89.9 Å². The van der Waals surface area contributed by atoms with Crippen molar-refractivity contribution in [2.24, 2.45) is 5.73 Å². The Bertz CT molecular complexity index is 288. The lowest BCUT2D eigenvalue weighted by molar-refractivity contribution is 0.0630. The van der Waals surface area contributed by atoms with Gasteiger partial charge in [-0.15, -0.1) is 0 Å². The quantitative estimate of drug-likeness (QED) is 0.713. The summed E-state index contributed by atoms with van der Waals surface area (Å²) in [5, 5.41) is 8.97. The Kier molecular flexibility index (Phi) is 4.74. The second kappa shape index (κ2) is 5.85. The van der Waals surface area contributed by atoms with Crippen LogP contribution in [-0.2, 0) is 11.3 Å². The molecule has 1 rings (SSSR count). The number of rotatable bonds is 6. The molecule has 0 saturated carbocycles. The normalized spacial score (nSPS) is 15.2. The van der Waals surface area contributed by atoms with E-state index in [0.717, 1.165) is 5.69 Å². The Morgan fingerprint density at radius 2 is 2.40 bits per heavy atom. The van der Waals surface area contributed by atoms with E-state index in [0.29, 0.717) is 13.2 Å². The standard InChI is InChI=1S/C10H19N3O2/c1-3-15-8(2)5-13-7-12-4-10(13)9(11)6-14/h4,7-9,14H,3,5-6,11H2,1-2H3. The van der Waals surface area contributed by atoms with Crippen molar-refractivity contribution >= 4 is 0 Å². The van der Waals surface area contributed by atoms with Crippen LogP contribution in [0.3, 0.4) is 0 Å². The first-order chi connectivity index (χ1) is 7.19. The summed E-state index contributed by atoms with van der Waals surface area (Å²) in [6.07, 6.45) is 3.51. The highest BCUT2D eigenvalue weighted by Gasteiger charge is 2.12. The van der Waals surface area contributed by atoms with Gasteiger partial charge in [0.05, 0.1) is 30.8 Å². The van der Waals surface area contributed by atoms with Gasteiger partial charge in [-0.3, -0.25) is 0 Å². The number of aromatic nitrogens is 2. The second-order valence-corrected chi connectivity index (χ2v) is 3.53. The maximum Gasteiger partial charge on any atom is 0.0949 e. The SMILES string of the molecule is CCOC(C)Cn1cncc1C(N)CO. The molecule has 1 aromatic rings. The van der Waals surface area contributed by atoms with Gasteiger partial charge in [-0.25, -0.2) is 4.98 Å². The minimum Gasteiger partial charge on any atom is -0.394 e. The van der Waals surface area contributed by atoms with Crippen LogP contribution < -0.4 is 5.73 Å². The third-order valence-corrected chi connectivity index (χ3v) is 2.23. The zero-order valence-electron chi connectivity index (χ0n) is 9.26. The van der Waals surface area contributed by atoms with E-state index < -0.39 is 0 Å². The molecule has 0 aliphatic carbocycles. The molecule has 0 aliphatic heterocycles. The molecule has 0 saturated heterocycles. The molecule has 5 heteroatoms. The molecule has 1 heterocycles. The summed E-state index contributed by atoms with van der Waals surface area (Å²) >= 11 is 0. The fourth-order valence-corrected chi connectivity index (χ4v) is 1.50. The van der Waals surface area contributed by atoms with Gasteiger partial charge in [0, 0.05) is 19.3 Å². The first-order valence-electron chi connectivity index (χ1n) is 5.17. The van der Waals surface area contributed by atoms with Crippen LogP contribution in [0, 0.1) is 0 Å². The highest BCUT2D eigenvalue weighted by molar-refractivity contribution is 5.04. The van der Waals surface area contributed by atoms with Crippen molar-refractivity contribution in [2.75, 3.05) is 13.2 Å². The van der Waals surface area contributed by atoms with E-state index in [1.807, 2.05) is 18.4 Å². The Balaban J connectivity index is 2.64. The monoisotopic (exact) mass is 213 g/mol. The average Bonchev–Trinajstić information content (AvgIpc) is 2.65. The van der Waals surface area contributed by atoms with E-state index >= 15 is 0 Å². The molecule has 0 radical (unpaired) electrons. The number of ether oxygens (including phenoxy) is 1. The summed E-state index contributed by atoms with van der Waals surface area (Å²) < 4.78 is 7.35. The number of imidazole rings is 1. The molecule has 0 spiro atoms. The van der Waals surface area contributed by atoms with Gasteiger partial charge in [-0.05, 0) is 13.8 Å². The number of nitrogens with two attached hydrogens (primary N) is 1. The van der Waals surface area contributed by atoms with Gasteiger partial charge in [0.25, 0.3) is 0 Å². The molecule has 2 unspecified atom stereocenters. The van der Waals surface area contributed by atoms with Crippen molar-refractivity contribution in [3.63, 3.8) is 0 Å². The van der Waals surface area contributed by atoms with Gasteiger partial charge >= 0.3 is 0 Å². The molecule has 0 aromatic carbocycles. The third kappa shape index (κ3) is 3.30. The molecule has 2 atom stereocenters. The van der Waals surface area contributed by atoms with Crippen LogP contribution >= 0.6 is 0 Å². The summed E-state index contributed by atoms with van der Waals surface area (Å²) in [4.78, 5) is 4.02. The van der Waals surface area contributed by atoms with E-state index in [4.69, 9.17) is 15.6 Å². The number of nitrogens with zero attached hydrogens (tertiary/aromatic N) is 2. The lowest BCUT2D eigenvalue weighted by Crippen LogP contribution is -2.23. The van der Waals surface area contributed by atoms with Crippen LogP contribution in [0.15, 0.2) is 12.5 Å². The molecular weight excluding hydrogens is 194 g/mol. The highest BCUT2D eigenvalue weighted by Crippen LogP contribution is 2.10. The molecule has 15 heavy (non-hydrogen) atoms. The topological polar surface area (TPSA) is 73.3 Å². The number of hydrogen-bond acceptors (Lipinski definition) is 4. The number of hydrogen-bond donors (Lipinski definition) is 2. The van der Waals surface area contributed by atoms with E-state index in [9.17, 15) is 0 Å². The van der Waals surface area contributed by atoms with Crippen molar-refractivity contribution in [1.82, 2.24) is 9.55 Å². The third-order valence-electron chi connectivity index (χ3n) is 2.23. The summed E-state index contributed by atoms with van der Waals surface area (Å²) in [6, 6.07) is -0.374. The Morgan fingerprint density at radius 1 is 1.67 bits per heavy atom. The van der Waals surface area contributed by atoms with Crippen molar-refractivity contribution in [2.45, 2.75) is 32.5 Å². The summed E-state index contributed by atoms with van der Waals surface area (Å²) in [5.41, 5.74) is 6.57. The second-order valence-electron chi connectivity index (χ2n) is 3.53. The Hall–Kier alpha value is -0.910. The lowest BCUT2D eigenvalue weighted by Gasteiger charge is -2.16. The van der Waals surface area contributed by atoms with Crippen LogP contribution in [0.1, 0.15) is 25.6 Å². The van der Waals surface area contributed by atoms with E-state index in [1.165, 1.54) is 0 Å². The highest BCUT2D eigenvalue weighted by atomic mass is 16.5. The van der Waals surface area contributed by atoms with Gasteiger partial charge < -0.3 is 20.1 Å². The molecule has 0 bridgehead atoms. The van der Waals surface area contributed by atoms with Crippen LogP contribution in [0.2, 0.25) is 0 Å². The first kappa shape index (κ1) is 12.2. The van der Waals surface area contributed by atoms with E-state index in [2.05, 4.69) is 4.98 Å². The molecule has 3 N–H and O–H groups in total. The molecule has 0 aliphatic rings. The van der Waals surface area contributed by atoms with Gasteiger partial charge in [-0.1, -0.05) is 0 Å². The Morgan fingerprint density at radius 3 is 3.00 bits per heavy atom. The molecule has 0 amide bonds. The van der Waals surface area contributed by atoms with Crippen LogP contribution in [-0.4, -0.2) is 34.0 Å². The molecule has 86 valence electrons. The van der Waals surface area contributed by atoms with E-state index in [1.54, 1.807) is 12.5 Å². The zero-order chi connectivity index (χ0) is 11.3. The molecular formula is C10H19N3O2. The maximum absolute atomic E-state index is 8.97. The fraction of sp³-hybridized carbons (Fsp3) is 0.700. The minimum atomic E-state index is -0.374. The number of aliphatic hydroxyl groups excluding tert-OH is 1. The summed E-state index contributed by atoms with van der Waals surface area (Å²) in [6.45, 7) is 5.28. The lowest BCUT2D eigenvalue weighted by atomic mass is 10.2. The predicted octanol–water partition coefficient (Wildman–Crippen LogP) is 0.300. The minimum absolute atomic E-state index is 0.0747. The van der Waals surface area contributed by atoms with Crippen LogP contribution in [0.4, 0.5) is 0 Å². The van der Waals surface area contributed by atoms with Crippen LogP contribution in [0.5, 0.6) is 0 Å². The first-order valence-corrected chi connectivity index (χ1v) is 5.17. The molecule has 1 aromatic heterocycles. The maximum atomic E-state index is 8.97. The molecule has 0 fully saturated rings. The van der Waals surface area contributed by atoms with Gasteiger partial charge in [0.1, 0.15) is 0 Å². The van der Waals surface area contributed by atoms with Crippen molar-refractivity contribution in [1.29, 1.82) is 0 Å². The summed E-state index contributed by atoms with van der Waals surface area (Å²) in [7, 11) is 0. The summed E-state index contributed by atoms with van der Waals surface area (Å²) in [5.74, 6) is 0. The number of aliphatic hydroxyl groups is 1. The van der Waals surface area contributed by atoms with Crippen molar-refractivity contribution in [3.8, 4) is 0 Å². The predicted molar refractivity (Wildman–Crippen MR) is 57.3 cm³/mol. The zero-order valence-corrected chi connectivity index (χ0v) is 9.26. The van der Waals surface area contributed by atoms with E-state index in [-0.39, 0.29) is 18.8 Å². The van der Waals surface area contributed by atoms with Crippen LogP contribution in [0.25, 0.3) is 0 Å². The van der Waals surface area contributed by atoms with Crippen molar-refractivity contribution < 1.29 is 9.84 Å². The average molecular weight is 213 g/mol. The van der Waals surface area contributed by atoms with Gasteiger partial charge in [-0.2, -0.15) is 0 Å². The van der Waals surface area contributed by atoms with Crippen molar-refractivity contribution in [3.05, 3.63) is 18.2 Å².